The summed E-state index contributed by atoms with van der Waals surface area (Å²) in [5.41, 5.74) is 4.19. The number of halogens is 2. The number of anilines is 1. The van der Waals surface area contributed by atoms with Gasteiger partial charge in [-0.2, -0.15) is 0 Å². The number of amides is 3. The molecule has 3 aromatic rings. The Balaban J connectivity index is 1.43. The number of hydrogen-bond donors (Lipinski definition) is 0. The van der Waals surface area contributed by atoms with Gasteiger partial charge in [-0.05, 0) is 60.5 Å². The van der Waals surface area contributed by atoms with E-state index in [1.807, 2.05) is 43.3 Å². The van der Waals surface area contributed by atoms with Crippen molar-refractivity contribution in [2.75, 3.05) is 24.5 Å². The van der Waals surface area contributed by atoms with Gasteiger partial charge in [0.2, 0.25) is 5.91 Å². The van der Waals surface area contributed by atoms with Crippen molar-refractivity contribution in [1.29, 1.82) is 0 Å². The van der Waals surface area contributed by atoms with Crippen LogP contribution in [0.3, 0.4) is 0 Å². The molecule has 0 fully saturated rings. The Hall–Kier alpha value is -3.61. The summed E-state index contributed by atoms with van der Waals surface area (Å²) in [6, 6.07) is 17.7. The molecule has 0 aliphatic carbocycles. The van der Waals surface area contributed by atoms with Crippen molar-refractivity contribution in [3.05, 3.63) is 111 Å². The maximum absolute atomic E-state index is 13.5. The van der Waals surface area contributed by atoms with Crippen LogP contribution in [0, 0.1) is 6.92 Å². The molecule has 37 heavy (non-hydrogen) atoms. The Morgan fingerprint density at radius 1 is 0.784 bits per heavy atom. The van der Waals surface area contributed by atoms with Crippen molar-refractivity contribution in [1.82, 2.24) is 9.80 Å². The number of carbonyl (C=O) groups excluding carboxylic acids is 3. The van der Waals surface area contributed by atoms with E-state index >= 15 is 0 Å². The largest absolute Gasteiger partial charge is 0.331 e. The van der Waals surface area contributed by atoms with Crippen LogP contribution < -0.4 is 4.90 Å². The summed E-state index contributed by atoms with van der Waals surface area (Å²) in [7, 11) is 0. The smallest absolute Gasteiger partial charge is 0.254 e. The first-order valence-corrected chi connectivity index (χ1v) is 12.7. The molecule has 2 aliphatic heterocycles. The predicted octanol–water partition coefficient (Wildman–Crippen LogP) is 5.50. The van der Waals surface area contributed by atoms with Crippen LogP contribution in [0.15, 0.2) is 72.8 Å². The lowest BCUT2D eigenvalue weighted by Crippen LogP contribution is -2.39. The molecule has 0 N–H and O–H groups in total. The molecule has 5 rings (SSSR count). The molecule has 8 heteroatoms. The monoisotopic (exact) mass is 533 g/mol. The first-order chi connectivity index (χ1) is 17.8. The van der Waals surface area contributed by atoms with Crippen molar-refractivity contribution >= 4 is 46.6 Å². The van der Waals surface area contributed by atoms with Gasteiger partial charge >= 0.3 is 0 Å². The van der Waals surface area contributed by atoms with Crippen molar-refractivity contribution < 1.29 is 14.4 Å². The van der Waals surface area contributed by atoms with Crippen LogP contribution in [-0.2, 0) is 17.9 Å². The van der Waals surface area contributed by atoms with Crippen LogP contribution in [0.5, 0.6) is 0 Å². The summed E-state index contributed by atoms with van der Waals surface area (Å²) in [4.78, 5) is 44.5. The molecule has 0 saturated heterocycles. The van der Waals surface area contributed by atoms with E-state index in [-0.39, 0.29) is 37.4 Å². The molecule has 0 atom stereocenters. The van der Waals surface area contributed by atoms with Gasteiger partial charge in [-0.15, -0.1) is 0 Å². The molecule has 0 unspecified atom stereocenters. The first-order valence-electron chi connectivity index (χ1n) is 12.0. The van der Waals surface area contributed by atoms with E-state index < -0.39 is 0 Å². The number of carbonyl (C=O) groups is 3. The highest BCUT2D eigenvalue weighted by Crippen LogP contribution is 2.35. The number of rotatable bonds is 4. The SMILES string of the molecule is Cc1ccc2c(c1Cl)CN(C(=O)c1ccc(Cl)cc1)CC(=O)N2Cc1ccc(C(=O)N2CC=CC2)cc1. The van der Waals surface area contributed by atoms with E-state index in [2.05, 4.69) is 0 Å². The second-order valence-electron chi connectivity index (χ2n) is 9.22. The minimum atomic E-state index is -0.269. The second kappa shape index (κ2) is 10.4. The Kier molecular flexibility index (Phi) is 7.04. The normalized spacial score (nSPS) is 15.1. The Morgan fingerprint density at radius 2 is 1.38 bits per heavy atom. The minimum absolute atomic E-state index is 0.0219. The molecule has 2 aliphatic rings. The average Bonchev–Trinajstić information content (AvgIpc) is 3.40. The fourth-order valence-corrected chi connectivity index (χ4v) is 4.96. The van der Waals surface area contributed by atoms with Crippen molar-refractivity contribution in [3.63, 3.8) is 0 Å². The molecule has 0 bridgehead atoms. The van der Waals surface area contributed by atoms with Crippen LogP contribution in [0.25, 0.3) is 0 Å². The maximum atomic E-state index is 13.5. The summed E-state index contributed by atoms with van der Waals surface area (Å²) in [6.07, 6.45) is 3.95. The van der Waals surface area contributed by atoms with Crippen molar-refractivity contribution in [3.8, 4) is 0 Å². The Morgan fingerprint density at radius 3 is 2.03 bits per heavy atom. The number of hydrogen-bond acceptors (Lipinski definition) is 3. The van der Waals surface area contributed by atoms with Crippen LogP contribution in [0.1, 0.15) is 37.4 Å². The van der Waals surface area contributed by atoms with Gasteiger partial charge in [-0.3, -0.25) is 14.4 Å². The van der Waals surface area contributed by atoms with Crippen molar-refractivity contribution in [2.24, 2.45) is 0 Å². The van der Waals surface area contributed by atoms with E-state index in [9.17, 15) is 14.4 Å². The lowest BCUT2D eigenvalue weighted by Gasteiger charge is -2.24. The third-order valence-electron chi connectivity index (χ3n) is 6.70. The number of fused-ring (bicyclic) bond motifs is 1. The number of aryl methyl sites for hydroxylation is 1. The van der Waals surface area contributed by atoms with Gasteiger partial charge in [0.15, 0.2) is 0 Å². The topological polar surface area (TPSA) is 60.9 Å². The van der Waals surface area contributed by atoms with Crippen LogP contribution in [0.2, 0.25) is 10.0 Å². The number of nitrogens with zero attached hydrogens (tertiary/aromatic N) is 3. The highest BCUT2D eigenvalue weighted by molar-refractivity contribution is 6.32. The lowest BCUT2D eigenvalue weighted by atomic mass is 10.1. The second-order valence-corrected chi connectivity index (χ2v) is 10.0. The lowest BCUT2D eigenvalue weighted by molar-refractivity contribution is -0.119. The van der Waals surface area contributed by atoms with Gasteiger partial charge in [0.1, 0.15) is 6.54 Å². The van der Waals surface area contributed by atoms with E-state index in [0.717, 1.165) is 16.7 Å². The molecule has 0 spiro atoms. The zero-order valence-electron chi connectivity index (χ0n) is 20.3. The Bertz CT molecular complexity index is 1390. The standard InChI is InChI=1S/C29H25Cl2N3O3/c1-19-4-13-25-24(27(19)31)17-33(29(37)22-9-11-23(30)12-10-22)18-26(35)34(25)16-20-5-7-21(8-6-20)28(36)32-14-2-3-15-32/h2-13H,14-18H2,1H3. The van der Waals surface area contributed by atoms with E-state index in [0.29, 0.717) is 39.9 Å². The summed E-state index contributed by atoms with van der Waals surface area (Å²) in [6.45, 7) is 3.53. The molecule has 188 valence electrons. The molecular weight excluding hydrogens is 509 g/mol. The summed E-state index contributed by atoms with van der Waals surface area (Å²) in [5, 5.41) is 1.06. The molecule has 0 radical (unpaired) electrons. The maximum Gasteiger partial charge on any atom is 0.254 e. The van der Waals surface area contributed by atoms with Crippen LogP contribution in [-0.4, -0.2) is 47.2 Å². The molecule has 0 aromatic heterocycles. The van der Waals surface area contributed by atoms with Gasteiger partial charge in [-0.1, -0.05) is 53.6 Å². The predicted molar refractivity (Wildman–Crippen MR) is 145 cm³/mol. The Labute approximate surface area is 225 Å². The van der Waals surface area contributed by atoms with E-state index in [1.54, 1.807) is 46.2 Å². The third-order valence-corrected chi connectivity index (χ3v) is 7.48. The quantitative estimate of drug-likeness (QED) is 0.416. The molecule has 0 saturated carbocycles. The fourth-order valence-electron chi connectivity index (χ4n) is 4.61. The minimum Gasteiger partial charge on any atom is -0.331 e. The van der Waals surface area contributed by atoms with Gasteiger partial charge < -0.3 is 14.7 Å². The first kappa shape index (κ1) is 25.1. The van der Waals surface area contributed by atoms with Gasteiger partial charge in [0, 0.05) is 34.8 Å². The molecular formula is C29H25Cl2N3O3. The summed E-state index contributed by atoms with van der Waals surface area (Å²) >= 11 is 12.7. The fraction of sp³-hybridized carbons (Fsp3) is 0.207. The van der Waals surface area contributed by atoms with Crippen LogP contribution in [0.4, 0.5) is 5.69 Å². The summed E-state index contributed by atoms with van der Waals surface area (Å²) < 4.78 is 0. The van der Waals surface area contributed by atoms with E-state index in [1.165, 1.54) is 4.90 Å². The average molecular weight is 534 g/mol. The third kappa shape index (κ3) is 5.13. The molecule has 6 nitrogen and oxygen atoms in total. The molecule has 3 aromatic carbocycles. The van der Waals surface area contributed by atoms with Gasteiger partial charge in [-0.25, -0.2) is 0 Å². The van der Waals surface area contributed by atoms with Gasteiger partial charge in [0.05, 0.1) is 23.8 Å². The van der Waals surface area contributed by atoms with Gasteiger partial charge in [0.25, 0.3) is 11.8 Å². The molecule has 2 heterocycles. The highest BCUT2D eigenvalue weighted by Gasteiger charge is 2.31. The zero-order valence-corrected chi connectivity index (χ0v) is 21.8. The molecule has 3 amide bonds. The zero-order chi connectivity index (χ0) is 26.1. The number of benzene rings is 3. The van der Waals surface area contributed by atoms with Crippen molar-refractivity contribution in [2.45, 2.75) is 20.0 Å². The van der Waals surface area contributed by atoms with E-state index in [4.69, 9.17) is 23.2 Å². The highest BCUT2D eigenvalue weighted by atomic mass is 35.5. The van der Waals surface area contributed by atoms with Crippen LogP contribution >= 0.6 is 23.2 Å². The summed E-state index contributed by atoms with van der Waals surface area (Å²) in [5.74, 6) is -0.509.